The maximum absolute atomic E-state index is 11.2. The van der Waals surface area contributed by atoms with Crippen molar-refractivity contribution in [3.05, 3.63) is 11.6 Å². The van der Waals surface area contributed by atoms with Crippen LogP contribution in [0.25, 0.3) is 11.2 Å². The summed E-state index contributed by atoms with van der Waals surface area (Å²) in [7, 11) is -2.17. The summed E-state index contributed by atoms with van der Waals surface area (Å²) in [4.78, 5) is 35.6. The van der Waals surface area contributed by atoms with Crippen molar-refractivity contribution in [2.24, 2.45) is 5.41 Å². The smallest absolute Gasteiger partial charge is 0.325 e. The molecular weight excluding hydrogens is 451 g/mol. The largest absolute Gasteiger partial charge is 0.388 e. The van der Waals surface area contributed by atoms with Crippen molar-refractivity contribution in [1.29, 1.82) is 0 Å². The zero-order valence-electron chi connectivity index (χ0n) is 16.7. The first-order valence-corrected chi connectivity index (χ1v) is 12.1. The summed E-state index contributed by atoms with van der Waals surface area (Å²) in [5.41, 5.74) is 1.14. The molecule has 12 nitrogen and oxygen atoms in total. The van der Waals surface area contributed by atoms with Gasteiger partial charge in [-0.2, -0.15) is 9.97 Å². The Morgan fingerprint density at radius 1 is 1.23 bits per heavy atom. The second-order valence-corrected chi connectivity index (χ2v) is 11.0. The Balaban J connectivity index is 1.40. The summed E-state index contributed by atoms with van der Waals surface area (Å²) in [5.74, 6) is 0.611. The van der Waals surface area contributed by atoms with Gasteiger partial charge in [0.2, 0.25) is 5.28 Å². The summed E-state index contributed by atoms with van der Waals surface area (Å²) in [6.45, 7) is 3.77. The van der Waals surface area contributed by atoms with Crippen molar-refractivity contribution < 1.29 is 29.3 Å². The third-order valence-electron chi connectivity index (χ3n) is 6.25. The molecule has 3 saturated heterocycles. The van der Waals surface area contributed by atoms with E-state index in [0.29, 0.717) is 17.0 Å². The number of nitrogens with zero attached hydrogens (tertiary/aromatic N) is 6. The van der Waals surface area contributed by atoms with Crippen LogP contribution >= 0.6 is 19.2 Å². The zero-order chi connectivity index (χ0) is 22.1. The summed E-state index contributed by atoms with van der Waals surface area (Å²) < 4.78 is 18.4. The fraction of sp³-hybridized carbons (Fsp3) is 0.706. The van der Waals surface area contributed by atoms with Gasteiger partial charge >= 0.3 is 7.60 Å². The van der Waals surface area contributed by atoms with Crippen LogP contribution in [0.5, 0.6) is 0 Å². The number of imidazole rings is 1. The maximum atomic E-state index is 11.2. The van der Waals surface area contributed by atoms with Gasteiger partial charge in [0.15, 0.2) is 23.2 Å². The van der Waals surface area contributed by atoms with Crippen LogP contribution in [0.1, 0.15) is 12.6 Å². The Morgan fingerprint density at radius 3 is 2.58 bits per heavy atom. The third-order valence-corrected chi connectivity index (χ3v) is 7.26. The molecular formula is C17H24ClN6O6P. The molecule has 0 amide bonds. The lowest BCUT2D eigenvalue weighted by Crippen LogP contribution is -2.71. The van der Waals surface area contributed by atoms with Crippen LogP contribution in [0.3, 0.4) is 0 Å². The van der Waals surface area contributed by atoms with Gasteiger partial charge in [-0.3, -0.25) is 9.13 Å². The van der Waals surface area contributed by atoms with E-state index in [1.807, 2.05) is 0 Å². The van der Waals surface area contributed by atoms with Crippen LogP contribution in [0, 0.1) is 5.41 Å². The van der Waals surface area contributed by atoms with E-state index < -0.39 is 38.3 Å². The highest BCUT2D eigenvalue weighted by Crippen LogP contribution is 2.43. The van der Waals surface area contributed by atoms with E-state index in [0.717, 1.165) is 26.2 Å². The molecule has 14 heteroatoms. The number of aliphatic hydroxyl groups excluding tert-OH is 2. The number of aliphatic hydroxyl groups is 2. The van der Waals surface area contributed by atoms with Gasteiger partial charge in [0.25, 0.3) is 0 Å². The molecule has 2 aromatic rings. The highest BCUT2D eigenvalue weighted by atomic mass is 35.5. The molecule has 0 aliphatic carbocycles. The maximum Gasteiger partial charge on any atom is 0.325 e. The number of hydrogen-bond acceptors (Lipinski definition) is 9. The van der Waals surface area contributed by atoms with Crippen molar-refractivity contribution in [3.8, 4) is 0 Å². The van der Waals surface area contributed by atoms with Crippen molar-refractivity contribution in [1.82, 2.24) is 24.4 Å². The van der Waals surface area contributed by atoms with E-state index in [4.69, 9.17) is 26.1 Å². The minimum absolute atomic E-state index is 0.0296. The normalized spacial score (nSPS) is 30.7. The number of hydrogen-bond donors (Lipinski definition) is 4. The van der Waals surface area contributed by atoms with Gasteiger partial charge < -0.3 is 34.5 Å². The second-order valence-electron chi connectivity index (χ2n) is 8.89. The predicted octanol–water partition coefficient (Wildman–Crippen LogP) is -0.582. The number of fused-ring (bicyclic) bond motifs is 1. The van der Waals surface area contributed by atoms with Gasteiger partial charge in [0.05, 0.1) is 18.6 Å². The van der Waals surface area contributed by atoms with Crippen LogP contribution in [-0.2, 0) is 9.30 Å². The fourth-order valence-electron chi connectivity index (χ4n) is 4.99. The zero-order valence-corrected chi connectivity index (χ0v) is 18.4. The van der Waals surface area contributed by atoms with Crippen molar-refractivity contribution in [2.75, 3.05) is 44.3 Å². The Morgan fingerprint density at radius 2 is 1.94 bits per heavy atom. The lowest BCUT2D eigenvalue weighted by molar-refractivity contribution is -0.0356. The van der Waals surface area contributed by atoms with E-state index >= 15 is 0 Å². The molecule has 31 heavy (non-hydrogen) atoms. The first-order valence-electron chi connectivity index (χ1n) is 9.95. The Labute approximate surface area is 182 Å². The van der Waals surface area contributed by atoms with Crippen LogP contribution in [0.4, 0.5) is 5.82 Å². The van der Waals surface area contributed by atoms with Gasteiger partial charge in [-0.1, -0.05) is 0 Å². The first-order chi connectivity index (χ1) is 14.6. The van der Waals surface area contributed by atoms with Gasteiger partial charge in [-0.05, 0) is 25.1 Å². The Hall–Kier alpha value is -1.37. The van der Waals surface area contributed by atoms with E-state index in [9.17, 15) is 14.8 Å². The topological polar surface area (TPSA) is 157 Å². The number of aromatic nitrogens is 4. The molecule has 3 aliphatic heterocycles. The standard InChI is InChI=1S/C17H24ClN6O6P/c1-22-4-17(5-22)6-23(7-17)13-10-14(21-16(18)20-13)24(8-19-10)15-12(26)11(25)9(30-15)2-3-31(27,28)29/h8-9,11-12,15,25-26H,2-7H2,1H3,(H2,27,28,29)/t9-,11?,12+,15-/m1/s1. The van der Waals surface area contributed by atoms with Gasteiger partial charge in [-0.25, -0.2) is 4.98 Å². The van der Waals surface area contributed by atoms with E-state index in [-0.39, 0.29) is 17.1 Å². The summed E-state index contributed by atoms with van der Waals surface area (Å²) in [6, 6.07) is 0. The summed E-state index contributed by atoms with van der Waals surface area (Å²) >= 11 is 6.18. The summed E-state index contributed by atoms with van der Waals surface area (Å²) in [5, 5.41) is 20.9. The van der Waals surface area contributed by atoms with Crippen LogP contribution in [0.2, 0.25) is 5.28 Å². The van der Waals surface area contributed by atoms with Gasteiger partial charge in [-0.15, -0.1) is 0 Å². The Kier molecular flexibility index (Phi) is 5.07. The number of anilines is 1. The minimum Gasteiger partial charge on any atom is -0.388 e. The molecule has 0 saturated carbocycles. The van der Waals surface area contributed by atoms with Gasteiger partial charge in [0.1, 0.15) is 12.2 Å². The van der Waals surface area contributed by atoms with Crippen LogP contribution in [0.15, 0.2) is 6.33 Å². The number of halogens is 1. The van der Waals surface area contributed by atoms with Crippen LogP contribution < -0.4 is 4.90 Å². The second kappa shape index (κ2) is 7.32. The quantitative estimate of drug-likeness (QED) is 0.324. The highest BCUT2D eigenvalue weighted by molar-refractivity contribution is 7.51. The molecule has 0 bridgehead atoms. The molecule has 1 unspecified atom stereocenters. The average Bonchev–Trinajstić information content (AvgIpc) is 3.16. The molecule has 1 spiro atoms. The number of ether oxygens (including phenoxy) is 1. The fourth-order valence-corrected chi connectivity index (χ4v) is 5.74. The minimum atomic E-state index is -4.26. The van der Waals surface area contributed by atoms with Crippen molar-refractivity contribution in [3.63, 3.8) is 0 Å². The lowest BCUT2D eigenvalue weighted by atomic mass is 9.73. The molecule has 2 aromatic heterocycles. The van der Waals surface area contributed by atoms with E-state index in [2.05, 4.69) is 31.8 Å². The van der Waals surface area contributed by atoms with E-state index in [1.165, 1.54) is 10.9 Å². The molecule has 170 valence electrons. The van der Waals surface area contributed by atoms with Gasteiger partial charge in [0, 0.05) is 31.6 Å². The molecule has 3 fully saturated rings. The molecule has 0 aromatic carbocycles. The number of likely N-dealkylation sites (tertiary alicyclic amines) is 1. The average molecular weight is 475 g/mol. The predicted molar refractivity (Wildman–Crippen MR) is 110 cm³/mol. The SMILES string of the molecule is CN1CC2(C1)CN(c1nc(Cl)nc3c1ncn3[C@@H]1O[C@H](CCP(=O)(O)O)C(O)[C@@H]1O)C2. The van der Waals surface area contributed by atoms with E-state index in [1.54, 1.807) is 0 Å². The van der Waals surface area contributed by atoms with Crippen molar-refractivity contribution >= 4 is 36.2 Å². The molecule has 0 radical (unpaired) electrons. The molecule has 5 heterocycles. The lowest BCUT2D eigenvalue weighted by Gasteiger charge is -2.59. The third kappa shape index (κ3) is 3.75. The molecule has 4 N–H and O–H groups in total. The molecule has 4 atom stereocenters. The highest BCUT2D eigenvalue weighted by Gasteiger charge is 2.51. The monoisotopic (exact) mass is 474 g/mol. The summed E-state index contributed by atoms with van der Waals surface area (Å²) in [6.07, 6.45) is -3.71. The Bertz CT molecular complexity index is 1050. The van der Waals surface area contributed by atoms with Crippen molar-refractivity contribution in [2.45, 2.75) is 31.0 Å². The van der Waals surface area contributed by atoms with Crippen LogP contribution in [-0.4, -0.2) is 102 Å². The number of rotatable bonds is 5. The molecule has 3 aliphatic rings. The first kappa shape index (κ1) is 21.5. The molecule has 5 rings (SSSR count).